The summed E-state index contributed by atoms with van der Waals surface area (Å²) in [5, 5.41) is 0.375. The number of aromatic nitrogens is 1. The van der Waals surface area contributed by atoms with Gasteiger partial charge >= 0.3 is 0 Å². The Morgan fingerprint density at radius 2 is 1.93 bits per heavy atom. The third kappa shape index (κ3) is 3.79. The molecule has 5 rings (SSSR count). The monoisotopic (exact) mass is 404 g/mol. The molecule has 0 amide bonds. The van der Waals surface area contributed by atoms with E-state index in [1.54, 1.807) is 0 Å². The van der Waals surface area contributed by atoms with Gasteiger partial charge in [0.1, 0.15) is 0 Å². The number of benzene rings is 2. The Bertz CT molecular complexity index is 1050. The van der Waals surface area contributed by atoms with Crippen LogP contribution in [0.25, 0.3) is 0 Å². The number of ether oxygens (including phenoxy) is 2. The average Bonchev–Trinajstić information content (AvgIpc) is 3.11. The number of hydrogen-bond donors (Lipinski definition) is 0. The quantitative estimate of drug-likeness (QED) is 0.562. The van der Waals surface area contributed by atoms with Crippen molar-refractivity contribution >= 4 is 17.4 Å². The molecule has 0 spiro atoms. The summed E-state index contributed by atoms with van der Waals surface area (Å²) in [6.45, 7) is 6.34. The summed E-state index contributed by atoms with van der Waals surface area (Å²) in [4.78, 5) is 8.53. The predicted molar refractivity (Wildman–Crippen MR) is 117 cm³/mol. The molecule has 5 heteroatoms. The minimum atomic E-state index is 0.315. The van der Waals surface area contributed by atoms with Gasteiger partial charge in [0.05, 0.1) is 17.9 Å². The Morgan fingerprint density at radius 1 is 1.03 bits per heavy atom. The lowest BCUT2D eigenvalue weighted by Gasteiger charge is -2.24. The van der Waals surface area contributed by atoms with E-state index < -0.39 is 0 Å². The molecule has 0 saturated heterocycles. The highest BCUT2D eigenvalue weighted by Crippen LogP contribution is 2.47. The molecule has 2 aromatic carbocycles. The summed E-state index contributed by atoms with van der Waals surface area (Å²) in [6, 6.07) is 19.4. The highest BCUT2D eigenvalue weighted by atomic mass is 32.2. The molecule has 4 nitrogen and oxygen atoms in total. The first-order chi connectivity index (χ1) is 14.2. The molecule has 29 heavy (non-hydrogen) atoms. The lowest BCUT2D eigenvalue weighted by Crippen LogP contribution is -2.24. The van der Waals surface area contributed by atoms with Crippen LogP contribution in [-0.2, 0) is 6.54 Å². The zero-order valence-electron chi connectivity index (χ0n) is 16.7. The topological polar surface area (TPSA) is 34.6 Å². The molecule has 2 aliphatic rings. The van der Waals surface area contributed by atoms with Crippen LogP contribution in [0.2, 0.25) is 0 Å². The Morgan fingerprint density at radius 3 is 2.83 bits per heavy atom. The second kappa shape index (κ2) is 7.64. The molecule has 3 heterocycles. The number of thioether (sulfide) groups is 1. The van der Waals surface area contributed by atoms with Crippen molar-refractivity contribution in [2.45, 2.75) is 37.0 Å². The van der Waals surface area contributed by atoms with Gasteiger partial charge in [-0.3, -0.25) is 4.98 Å². The van der Waals surface area contributed by atoms with Crippen LogP contribution in [-0.4, -0.2) is 18.3 Å². The van der Waals surface area contributed by atoms with Gasteiger partial charge in [-0.25, -0.2) is 0 Å². The van der Waals surface area contributed by atoms with Gasteiger partial charge in [0.15, 0.2) is 11.5 Å². The third-order valence-corrected chi connectivity index (χ3v) is 6.83. The van der Waals surface area contributed by atoms with Crippen molar-refractivity contribution in [2.24, 2.45) is 0 Å². The number of anilines is 1. The molecule has 3 aromatic rings. The zero-order valence-corrected chi connectivity index (χ0v) is 17.5. The van der Waals surface area contributed by atoms with Crippen molar-refractivity contribution in [3.63, 3.8) is 0 Å². The van der Waals surface area contributed by atoms with Gasteiger partial charge in [-0.15, -0.1) is 11.8 Å². The fraction of sp³-hybridized carbons (Fsp3) is 0.292. The van der Waals surface area contributed by atoms with Gasteiger partial charge in [-0.1, -0.05) is 18.2 Å². The van der Waals surface area contributed by atoms with E-state index in [-0.39, 0.29) is 0 Å². The molecule has 148 valence electrons. The summed E-state index contributed by atoms with van der Waals surface area (Å²) in [6.07, 6.45) is 1.06. The Labute approximate surface area is 175 Å². The van der Waals surface area contributed by atoms with Crippen molar-refractivity contribution in [1.29, 1.82) is 0 Å². The van der Waals surface area contributed by atoms with Gasteiger partial charge in [-0.2, -0.15) is 0 Å². The summed E-state index contributed by atoms with van der Waals surface area (Å²) in [5.74, 6) is 1.70. The highest BCUT2D eigenvalue weighted by Gasteiger charge is 2.25. The van der Waals surface area contributed by atoms with Crippen LogP contribution in [0.15, 0.2) is 59.5 Å². The summed E-state index contributed by atoms with van der Waals surface area (Å²) >= 11 is 1.95. The van der Waals surface area contributed by atoms with Gasteiger partial charge in [-0.05, 0) is 67.8 Å². The lowest BCUT2D eigenvalue weighted by molar-refractivity contribution is 0.174. The van der Waals surface area contributed by atoms with Crippen molar-refractivity contribution < 1.29 is 9.47 Å². The van der Waals surface area contributed by atoms with Gasteiger partial charge in [0.25, 0.3) is 0 Å². The number of hydrogen-bond acceptors (Lipinski definition) is 5. The smallest absolute Gasteiger partial charge is 0.231 e. The SMILES string of the molecule is Cc1ccc2c(c1)SC(c1ccc3c(c1)OCO3)CCN2Cc1cccc(C)n1. The van der Waals surface area contributed by atoms with E-state index in [1.807, 2.05) is 17.8 Å². The van der Waals surface area contributed by atoms with E-state index in [0.717, 1.165) is 42.4 Å². The van der Waals surface area contributed by atoms with Crippen LogP contribution in [0.3, 0.4) is 0 Å². The van der Waals surface area contributed by atoms with Gasteiger partial charge < -0.3 is 14.4 Å². The number of nitrogens with zero attached hydrogens (tertiary/aromatic N) is 2. The third-order valence-electron chi connectivity index (χ3n) is 5.45. The zero-order chi connectivity index (χ0) is 19.8. The normalized spacial score (nSPS) is 17.7. The minimum Gasteiger partial charge on any atom is -0.454 e. The maximum Gasteiger partial charge on any atom is 0.231 e. The van der Waals surface area contributed by atoms with Gasteiger partial charge in [0, 0.05) is 22.4 Å². The predicted octanol–water partition coefficient (Wildman–Crippen LogP) is 5.67. The van der Waals surface area contributed by atoms with Gasteiger partial charge in [0.2, 0.25) is 6.79 Å². The number of aryl methyl sites for hydroxylation is 2. The fourth-order valence-electron chi connectivity index (χ4n) is 3.98. The molecule has 0 radical (unpaired) electrons. The number of pyridine rings is 1. The fourth-order valence-corrected chi connectivity index (χ4v) is 5.36. The van der Waals surface area contributed by atoms with Crippen LogP contribution in [0.1, 0.15) is 34.2 Å². The van der Waals surface area contributed by atoms with E-state index in [9.17, 15) is 0 Å². The summed E-state index contributed by atoms with van der Waals surface area (Å²) in [7, 11) is 0. The van der Waals surface area contributed by atoms with Crippen LogP contribution in [0, 0.1) is 13.8 Å². The molecule has 0 saturated carbocycles. The minimum absolute atomic E-state index is 0.315. The maximum atomic E-state index is 5.61. The Balaban J connectivity index is 1.47. The van der Waals surface area contributed by atoms with Crippen LogP contribution >= 0.6 is 11.8 Å². The van der Waals surface area contributed by atoms with Crippen LogP contribution in [0.4, 0.5) is 5.69 Å². The van der Waals surface area contributed by atoms with Crippen molar-refractivity contribution in [3.05, 3.63) is 77.1 Å². The Hall–Kier alpha value is -2.66. The molecule has 1 unspecified atom stereocenters. The highest BCUT2D eigenvalue weighted by molar-refractivity contribution is 7.99. The second-order valence-corrected chi connectivity index (χ2v) is 8.92. The lowest BCUT2D eigenvalue weighted by atomic mass is 10.1. The van der Waals surface area contributed by atoms with E-state index in [4.69, 9.17) is 14.5 Å². The molecule has 0 bridgehead atoms. The molecule has 1 atom stereocenters. The summed E-state index contributed by atoms with van der Waals surface area (Å²) < 4.78 is 11.1. The van der Waals surface area contributed by atoms with E-state index in [1.165, 1.54) is 21.7 Å². The van der Waals surface area contributed by atoms with Crippen LogP contribution < -0.4 is 14.4 Å². The molecule has 0 aliphatic carbocycles. The standard InChI is InChI=1S/C24H24N2O2S/c1-16-6-8-20-24(12-16)29-23(18-7-9-21-22(13-18)28-15-27-21)10-11-26(20)14-19-5-3-4-17(2)25-19/h3-9,12-13,23H,10-11,14-15H2,1-2H3. The molecular weight excluding hydrogens is 380 g/mol. The Kier molecular flexibility index (Phi) is 4.84. The maximum absolute atomic E-state index is 5.61. The number of rotatable bonds is 3. The first-order valence-corrected chi connectivity index (χ1v) is 10.9. The van der Waals surface area contributed by atoms with E-state index >= 15 is 0 Å². The van der Waals surface area contributed by atoms with E-state index in [0.29, 0.717) is 12.0 Å². The molecule has 2 aliphatic heterocycles. The first-order valence-electron chi connectivity index (χ1n) is 10.00. The average molecular weight is 405 g/mol. The van der Waals surface area contributed by atoms with Crippen molar-refractivity contribution in [2.75, 3.05) is 18.2 Å². The number of fused-ring (bicyclic) bond motifs is 2. The molecule has 0 fully saturated rings. The first kappa shape index (κ1) is 18.4. The second-order valence-electron chi connectivity index (χ2n) is 7.67. The van der Waals surface area contributed by atoms with Crippen molar-refractivity contribution in [3.8, 4) is 11.5 Å². The van der Waals surface area contributed by atoms with Crippen LogP contribution in [0.5, 0.6) is 11.5 Å². The molecular formula is C24H24N2O2S. The molecule has 0 N–H and O–H groups in total. The molecule has 1 aromatic heterocycles. The van der Waals surface area contributed by atoms with Crippen molar-refractivity contribution in [1.82, 2.24) is 4.98 Å². The summed E-state index contributed by atoms with van der Waals surface area (Å²) in [5.41, 5.74) is 6.06. The van der Waals surface area contributed by atoms with E-state index in [2.05, 4.69) is 67.3 Å². The largest absolute Gasteiger partial charge is 0.454 e.